The summed E-state index contributed by atoms with van der Waals surface area (Å²) in [5.41, 5.74) is 4.38. The van der Waals surface area contributed by atoms with Crippen molar-refractivity contribution in [1.82, 2.24) is 24.5 Å². The summed E-state index contributed by atoms with van der Waals surface area (Å²) in [6.45, 7) is 9.61. The van der Waals surface area contributed by atoms with Crippen molar-refractivity contribution in [2.75, 3.05) is 31.6 Å². The van der Waals surface area contributed by atoms with Gasteiger partial charge < -0.3 is 10.1 Å². The molecule has 0 saturated carbocycles. The molecule has 0 spiro atoms. The molecule has 194 valence electrons. The van der Waals surface area contributed by atoms with Crippen molar-refractivity contribution < 1.29 is 14.9 Å². The lowest BCUT2D eigenvalue weighted by molar-refractivity contribution is -0.0705. The van der Waals surface area contributed by atoms with E-state index in [-0.39, 0.29) is 7.85 Å². The SMILES string of the molecule is CC.CC1=Nc2ccc(-c3ccn4nc(NC5CCN(C6COC6)CC5)ncc34)nc2C1CC(F)F.[HH]. The molecule has 0 radical (unpaired) electrons. The first-order valence-electron chi connectivity index (χ1n) is 12.8. The third kappa shape index (κ3) is 4.84. The number of pyridine rings is 1. The standard InChI is InChI=1S/C24H27F2N7O.C2H6.H2/c1-14-18(10-22(25)26)23-20(28-14)3-2-19(30-23)17-6-9-33-21(17)11-27-24(31-33)29-15-4-7-32(8-5-15)16-12-34-13-16;1-2;/h2-3,6,9,11,15-16,18,22H,4-5,7-8,10,12-13H2,1H3,(H,29,31);1-2H3;1H. The molecule has 0 bridgehead atoms. The lowest BCUT2D eigenvalue weighted by atomic mass is 9.97. The second-order valence-corrected chi connectivity index (χ2v) is 9.32. The molecule has 0 amide bonds. The van der Waals surface area contributed by atoms with Gasteiger partial charge in [0.25, 0.3) is 0 Å². The molecule has 3 aromatic heterocycles. The minimum Gasteiger partial charge on any atom is -0.378 e. The number of ether oxygens (including phenoxy) is 1. The number of rotatable bonds is 6. The number of anilines is 1. The number of piperidine rings is 1. The van der Waals surface area contributed by atoms with Crippen LogP contribution in [-0.2, 0) is 4.74 Å². The first-order valence-corrected chi connectivity index (χ1v) is 12.8. The number of hydrogen-bond acceptors (Lipinski definition) is 7. The molecule has 10 heteroatoms. The van der Waals surface area contributed by atoms with Crippen molar-refractivity contribution in [1.29, 1.82) is 0 Å². The van der Waals surface area contributed by atoms with Crippen molar-refractivity contribution in [2.45, 2.75) is 64.5 Å². The molecule has 3 aliphatic rings. The molecule has 0 aliphatic carbocycles. The number of nitrogens with one attached hydrogen (secondary N) is 1. The van der Waals surface area contributed by atoms with Crippen LogP contribution < -0.4 is 5.32 Å². The summed E-state index contributed by atoms with van der Waals surface area (Å²) < 4.78 is 33.3. The quantitative estimate of drug-likeness (QED) is 0.503. The summed E-state index contributed by atoms with van der Waals surface area (Å²) in [6.07, 6.45) is 3.11. The predicted molar refractivity (Wildman–Crippen MR) is 139 cm³/mol. The molecular weight excluding hydrogens is 464 g/mol. The van der Waals surface area contributed by atoms with E-state index in [1.165, 1.54) is 0 Å². The van der Waals surface area contributed by atoms with Crippen LogP contribution in [0.15, 0.2) is 35.6 Å². The van der Waals surface area contributed by atoms with Gasteiger partial charge in [0.1, 0.15) is 0 Å². The highest BCUT2D eigenvalue weighted by Gasteiger charge is 2.31. The Morgan fingerprint density at radius 1 is 1.17 bits per heavy atom. The largest absolute Gasteiger partial charge is 0.378 e. The van der Waals surface area contributed by atoms with Crippen LogP contribution in [0.4, 0.5) is 20.4 Å². The lowest BCUT2D eigenvalue weighted by Crippen LogP contribution is -2.53. The van der Waals surface area contributed by atoms with Gasteiger partial charge in [0.05, 0.1) is 48.0 Å². The number of aliphatic imine (C=N–C) groups is 1. The maximum atomic E-state index is 13.1. The highest BCUT2D eigenvalue weighted by atomic mass is 19.3. The fraction of sp³-hybridized carbons (Fsp3) is 0.538. The van der Waals surface area contributed by atoms with Crippen LogP contribution in [0.5, 0.6) is 0 Å². The Bertz CT molecular complexity index is 1240. The first kappa shape index (κ1) is 24.7. The molecule has 6 rings (SSSR count). The topological polar surface area (TPSA) is 79.9 Å². The Morgan fingerprint density at radius 3 is 2.64 bits per heavy atom. The van der Waals surface area contributed by atoms with Crippen molar-refractivity contribution >= 4 is 22.9 Å². The molecule has 2 fully saturated rings. The van der Waals surface area contributed by atoms with Crippen LogP contribution in [0, 0.1) is 0 Å². The highest BCUT2D eigenvalue weighted by Crippen LogP contribution is 2.39. The zero-order valence-electron chi connectivity index (χ0n) is 21.0. The van der Waals surface area contributed by atoms with Crippen molar-refractivity contribution in [3.63, 3.8) is 0 Å². The zero-order valence-corrected chi connectivity index (χ0v) is 21.0. The fourth-order valence-corrected chi connectivity index (χ4v) is 5.10. The van der Waals surface area contributed by atoms with Crippen LogP contribution in [0.25, 0.3) is 16.8 Å². The molecule has 1 atom stereocenters. The third-order valence-corrected chi connectivity index (χ3v) is 7.14. The van der Waals surface area contributed by atoms with E-state index in [1.807, 2.05) is 38.2 Å². The third-order valence-electron chi connectivity index (χ3n) is 7.14. The van der Waals surface area contributed by atoms with E-state index in [0.717, 1.165) is 50.2 Å². The van der Waals surface area contributed by atoms with Gasteiger partial charge in [-0.1, -0.05) is 13.8 Å². The van der Waals surface area contributed by atoms with Crippen LogP contribution in [0.2, 0.25) is 0 Å². The van der Waals surface area contributed by atoms with E-state index in [2.05, 4.69) is 25.3 Å². The lowest BCUT2D eigenvalue weighted by Gasteiger charge is -2.41. The van der Waals surface area contributed by atoms with Gasteiger partial charge >= 0.3 is 0 Å². The molecule has 36 heavy (non-hydrogen) atoms. The van der Waals surface area contributed by atoms with E-state index >= 15 is 0 Å². The number of fused-ring (bicyclic) bond motifs is 2. The molecular formula is C26H35F2N7O. The minimum atomic E-state index is -2.40. The van der Waals surface area contributed by atoms with Gasteiger partial charge in [0.2, 0.25) is 12.4 Å². The van der Waals surface area contributed by atoms with Gasteiger partial charge in [-0.15, -0.1) is 5.10 Å². The van der Waals surface area contributed by atoms with E-state index in [1.54, 1.807) is 17.6 Å². The van der Waals surface area contributed by atoms with Gasteiger partial charge in [-0.05, 0) is 38.0 Å². The zero-order chi connectivity index (χ0) is 25.2. The first-order chi connectivity index (χ1) is 17.5. The summed E-state index contributed by atoms with van der Waals surface area (Å²) in [5.74, 6) is 0.155. The second-order valence-electron chi connectivity index (χ2n) is 9.32. The summed E-state index contributed by atoms with van der Waals surface area (Å²) in [7, 11) is 0. The van der Waals surface area contributed by atoms with Crippen LogP contribution in [0.1, 0.15) is 53.1 Å². The van der Waals surface area contributed by atoms with Gasteiger partial charge in [-0.25, -0.2) is 23.3 Å². The van der Waals surface area contributed by atoms with Gasteiger partial charge in [-0.2, -0.15) is 0 Å². The molecule has 1 N–H and O–H groups in total. The molecule has 2 saturated heterocycles. The molecule has 3 aliphatic heterocycles. The van der Waals surface area contributed by atoms with Crippen molar-refractivity contribution in [3.8, 4) is 11.3 Å². The average Bonchev–Trinajstić information content (AvgIpc) is 3.40. The molecule has 0 aromatic carbocycles. The molecule has 6 heterocycles. The fourth-order valence-electron chi connectivity index (χ4n) is 5.10. The average molecular weight is 500 g/mol. The Hall–Kier alpha value is -2.98. The number of nitrogens with zero attached hydrogens (tertiary/aromatic N) is 6. The van der Waals surface area contributed by atoms with Gasteiger partial charge in [-0.3, -0.25) is 9.89 Å². The maximum absolute atomic E-state index is 13.1. The van der Waals surface area contributed by atoms with E-state index in [9.17, 15) is 8.78 Å². The van der Waals surface area contributed by atoms with Gasteiger partial charge in [0, 0.05) is 50.4 Å². The van der Waals surface area contributed by atoms with Crippen LogP contribution >= 0.6 is 0 Å². The van der Waals surface area contributed by atoms with Gasteiger partial charge in [0.15, 0.2) is 0 Å². The molecule has 8 nitrogen and oxygen atoms in total. The van der Waals surface area contributed by atoms with E-state index in [0.29, 0.717) is 40.8 Å². The summed E-state index contributed by atoms with van der Waals surface area (Å²) in [4.78, 5) is 16.2. The van der Waals surface area contributed by atoms with Crippen molar-refractivity contribution in [3.05, 3.63) is 36.3 Å². The highest BCUT2D eigenvalue weighted by molar-refractivity contribution is 5.96. The number of aromatic nitrogens is 4. The number of alkyl halides is 2. The monoisotopic (exact) mass is 499 g/mol. The summed E-state index contributed by atoms with van der Waals surface area (Å²) >= 11 is 0. The van der Waals surface area contributed by atoms with E-state index < -0.39 is 12.3 Å². The maximum Gasteiger partial charge on any atom is 0.241 e. The van der Waals surface area contributed by atoms with E-state index in [4.69, 9.17) is 9.72 Å². The summed E-state index contributed by atoms with van der Waals surface area (Å²) in [6, 6.07) is 6.60. The summed E-state index contributed by atoms with van der Waals surface area (Å²) in [5, 5.41) is 8.12. The molecule has 1 unspecified atom stereocenters. The van der Waals surface area contributed by atoms with Crippen LogP contribution in [0.3, 0.4) is 0 Å². The van der Waals surface area contributed by atoms with Crippen LogP contribution in [-0.4, -0.2) is 75.0 Å². The predicted octanol–water partition coefficient (Wildman–Crippen LogP) is 5.18. The normalized spacial score (nSPS) is 20.6. The Morgan fingerprint density at radius 2 is 1.94 bits per heavy atom. The second kappa shape index (κ2) is 10.6. The smallest absolute Gasteiger partial charge is 0.241 e. The number of halogens is 2. The molecule has 3 aromatic rings. The Kier molecular flexibility index (Phi) is 7.25. The van der Waals surface area contributed by atoms with Crippen molar-refractivity contribution in [2.24, 2.45) is 4.99 Å². The number of likely N-dealkylation sites (tertiary alicyclic amines) is 1. The Labute approximate surface area is 211 Å². The minimum absolute atomic E-state index is 0. The number of hydrogen-bond donors (Lipinski definition) is 1. The Balaban J connectivity index is 0.00000104.